The van der Waals surface area contributed by atoms with Gasteiger partial charge in [0.25, 0.3) is 0 Å². The number of likely N-dealkylation sites (tertiary alicyclic amines) is 1. The zero-order chi connectivity index (χ0) is 15.6. The molecular weight excluding hydrogens is 274 g/mol. The minimum absolute atomic E-state index is 0.0408. The third-order valence-electron chi connectivity index (χ3n) is 3.53. The van der Waals surface area contributed by atoms with Gasteiger partial charge in [-0.15, -0.1) is 10.2 Å². The Hall–Kier alpha value is -1.92. The summed E-state index contributed by atoms with van der Waals surface area (Å²) in [4.78, 5) is 24.1. The van der Waals surface area contributed by atoms with Gasteiger partial charge in [-0.25, -0.2) is 0 Å². The first-order chi connectivity index (χ1) is 9.77. The predicted octanol–water partition coefficient (Wildman–Crippen LogP) is 1.55. The summed E-state index contributed by atoms with van der Waals surface area (Å²) in [7, 11) is 0. The van der Waals surface area contributed by atoms with E-state index in [1.165, 1.54) is 0 Å². The van der Waals surface area contributed by atoms with Gasteiger partial charge in [-0.1, -0.05) is 20.8 Å². The average Bonchev–Trinajstić information content (AvgIpc) is 3.02. The Morgan fingerprint density at radius 3 is 2.62 bits per heavy atom. The van der Waals surface area contributed by atoms with Crippen LogP contribution in [0.25, 0.3) is 0 Å². The van der Waals surface area contributed by atoms with E-state index in [-0.39, 0.29) is 30.1 Å². The van der Waals surface area contributed by atoms with Gasteiger partial charge in [0.2, 0.25) is 17.7 Å². The Labute approximate surface area is 123 Å². The second-order valence-electron chi connectivity index (χ2n) is 6.41. The molecule has 2 heterocycles. The Balaban J connectivity index is 1.94. The van der Waals surface area contributed by atoms with Crippen LogP contribution in [-0.4, -0.2) is 45.2 Å². The molecule has 7 nitrogen and oxygen atoms in total. The normalized spacial score (nSPS) is 19.0. The number of hydrogen-bond donors (Lipinski definition) is 1. The van der Waals surface area contributed by atoms with Crippen molar-refractivity contribution in [3.05, 3.63) is 11.8 Å². The molecular formula is C14H21N3O4. The summed E-state index contributed by atoms with van der Waals surface area (Å²) in [6, 6.07) is 0. The Morgan fingerprint density at radius 2 is 2.05 bits per heavy atom. The summed E-state index contributed by atoms with van der Waals surface area (Å²) < 4.78 is 5.70. The molecule has 7 heteroatoms. The number of rotatable bonds is 4. The van der Waals surface area contributed by atoms with Crippen LogP contribution in [0.3, 0.4) is 0 Å². The summed E-state index contributed by atoms with van der Waals surface area (Å²) in [6.45, 7) is 7.13. The number of nitrogens with zero attached hydrogens (tertiary/aromatic N) is 3. The topological polar surface area (TPSA) is 96.5 Å². The third kappa shape index (κ3) is 3.80. The third-order valence-corrected chi connectivity index (χ3v) is 3.53. The van der Waals surface area contributed by atoms with Crippen molar-refractivity contribution < 1.29 is 19.1 Å². The molecule has 1 saturated heterocycles. The number of carbonyl (C=O) groups excluding carboxylic acids is 1. The first-order valence-corrected chi connectivity index (χ1v) is 7.11. The largest absolute Gasteiger partial charge is 0.481 e. The molecule has 116 valence electrons. The summed E-state index contributed by atoms with van der Waals surface area (Å²) in [5.41, 5.74) is -0.194. The van der Waals surface area contributed by atoms with Crippen LogP contribution >= 0.6 is 0 Å². The van der Waals surface area contributed by atoms with E-state index >= 15 is 0 Å². The van der Waals surface area contributed by atoms with Gasteiger partial charge in [0.1, 0.15) is 0 Å². The van der Waals surface area contributed by atoms with E-state index < -0.39 is 5.97 Å². The zero-order valence-corrected chi connectivity index (χ0v) is 12.6. The smallest absolute Gasteiger partial charge is 0.303 e. The molecule has 0 aliphatic carbocycles. The van der Waals surface area contributed by atoms with Crippen molar-refractivity contribution in [3.8, 4) is 0 Å². The predicted molar refractivity (Wildman–Crippen MR) is 73.8 cm³/mol. The van der Waals surface area contributed by atoms with E-state index in [1.807, 2.05) is 20.8 Å². The van der Waals surface area contributed by atoms with Crippen LogP contribution < -0.4 is 0 Å². The minimum Gasteiger partial charge on any atom is -0.481 e. The summed E-state index contributed by atoms with van der Waals surface area (Å²) in [5.74, 6) is 0.116. The molecule has 1 aromatic heterocycles. The number of amides is 1. The molecule has 2 rings (SSSR count). The molecule has 1 aromatic rings. The van der Waals surface area contributed by atoms with Gasteiger partial charge in [0.05, 0.1) is 12.3 Å². The number of carboxylic acid groups (broad SMARTS) is 1. The van der Waals surface area contributed by atoms with Gasteiger partial charge < -0.3 is 14.4 Å². The molecule has 1 fully saturated rings. The van der Waals surface area contributed by atoms with Crippen molar-refractivity contribution in [2.45, 2.75) is 51.4 Å². The van der Waals surface area contributed by atoms with Crippen molar-refractivity contribution >= 4 is 11.9 Å². The lowest BCUT2D eigenvalue weighted by molar-refractivity contribution is -0.140. The zero-order valence-electron chi connectivity index (χ0n) is 12.6. The highest BCUT2D eigenvalue weighted by Crippen LogP contribution is 2.29. The van der Waals surface area contributed by atoms with E-state index in [0.29, 0.717) is 24.9 Å². The van der Waals surface area contributed by atoms with E-state index in [4.69, 9.17) is 9.52 Å². The number of hydrogen-bond acceptors (Lipinski definition) is 5. The maximum Gasteiger partial charge on any atom is 0.303 e. The molecule has 1 N–H and O–H groups in total. The highest BCUT2D eigenvalue weighted by atomic mass is 16.4. The molecule has 1 atom stereocenters. The summed E-state index contributed by atoms with van der Waals surface area (Å²) in [5, 5.41) is 16.8. The molecule has 0 radical (unpaired) electrons. The fraction of sp³-hybridized carbons (Fsp3) is 0.714. The van der Waals surface area contributed by atoms with E-state index in [9.17, 15) is 9.59 Å². The quantitative estimate of drug-likeness (QED) is 0.905. The van der Waals surface area contributed by atoms with Crippen molar-refractivity contribution in [2.75, 3.05) is 13.1 Å². The van der Waals surface area contributed by atoms with Crippen molar-refractivity contribution in [2.24, 2.45) is 0 Å². The summed E-state index contributed by atoms with van der Waals surface area (Å²) >= 11 is 0. The Kier molecular flexibility index (Phi) is 4.29. The monoisotopic (exact) mass is 295 g/mol. The number of aliphatic carboxylic acids is 1. The second-order valence-corrected chi connectivity index (χ2v) is 6.41. The van der Waals surface area contributed by atoms with Crippen LogP contribution in [-0.2, 0) is 15.0 Å². The SMILES string of the molecule is CC(C)(C)c1nnc([C@H]2CCN(C(=O)CCC(=O)O)C2)o1. The molecule has 1 aliphatic rings. The van der Waals surface area contributed by atoms with Gasteiger partial charge in [0, 0.05) is 24.9 Å². The highest BCUT2D eigenvalue weighted by Gasteiger charge is 2.32. The Bertz CT molecular complexity index is 533. The maximum atomic E-state index is 11.9. The van der Waals surface area contributed by atoms with Crippen molar-refractivity contribution in [1.82, 2.24) is 15.1 Å². The van der Waals surface area contributed by atoms with Crippen molar-refractivity contribution in [1.29, 1.82) is 0 Å². The van der Waals surface area contributed by atoms with Gasteiger partial charge >= 0.3 is 5.97 Å². The first-order valence-electron chi connectivity index (χ1n) is 7.11. The minimum atomic E-state index is -0.953. The highest BCUT2D eigenvalue weighted by molar-refractivity contribution is 5.81. The van der Waals surface area contributed by atoms with Crippen LogP contribution in [0.1, 0.15) is 57.7 Å². The lowest BCUT2D eigenvalue weighted by Crippen LogP contribution is -2.28. The first kappa shape index (κ1) is 15.5. The van der Waals surface area contributed by atoms with Crippen LogP contribution in [0.15, 0.2) is 4.42 Å². The van der Waals surface area contributed by atoms with Gasteiger partial charge in [0.15, 0.2) is 0 Å². The fourth-order valence-corrected chi connectivity index (χ4v) is 2.26. The van der Waals surface area contributed by atoms with Crippen LogP contribution in [0.5, 0.6) is 0 Å². The standard InChI is InChI=1S/C14H21N3O4/c1-14(2,3)13-16-15-12(21-13)9-6-7-17(8-9)10(18)4-5-11(19)20/h9H,4-8H2,1-3H3,(H,19,20)/t9-/m0/s1. The fourth-order valence-electron chi connectivity index (χ4n) is 2.26. The van der Waals surface area contributed by atoms with E-state index in [2.05, 4.69) is 10.2 Å². The van der Waals surface area contributed by atoms with Crippen LogP contribution in [0.2, 0.25) is 0 Å². The summed E-state index contributed by atoms with van der Waals surface area (Å²) in [6.07, 6.45) is 0.679. The van der Waals surface area contributed by atoms with Crippen LogP contribution in [0.4, 0.5) is 0 Å². The number of carboxylic acids is 1. The number of carbonyl (C=O) groups is 2. The molecule has 0 unspecified atom stereocenters. The second kappa shape index (κ2) is 5.83. The van der Waals surface area contributed by atoms with Crippen LogP contribution in [0, 0.1) is 0 Å². The lowest BCUT2D eigenvalue weighted by atomic mass is 9.97. The Morgan fingerprint density at radius 1 is 1.33 bits per heavy atom. The molecule has 0 spiro atoms. The average molecular weight is 295 g/mol. The number of aromatic nitrogens is 2. The van der Waals surface area contributed by atoms with E-state index in [0.717, 1.165) is 6.42 Å². The maximum absolute atomic E-state index is 11.9. The van der Waals surface area contributed by atoms with Crippen molar-refractivity contribution in [3.63, 3.8) is 0 Å². The molecule has 0 bridgehead atoms. The molecule has 0 aromatic carbocycles. The lowest BCUT2D eigenvalue weighted by Gasteiger charge is -2.15. The van der Waals surface area contributed by atoms with Gasteiger partial charge in [-0.3, -0.25) is 9.59 Å². The van der Waals surface area contributed by atoms with Gasteiger partial charge in [-0.05, 0) is 6.42 Å². The molecule has 0 saturated carbocycles. The van der Waals surface area contributed by atoms with E-state index in [1.54, 1.807) is 4.90 Å². The molecule has 1 amide bonds. The molecule has 1 aliphatic heterocycles. The molecule has 21 heavy (non-hydrogen) atoms. The van der Waals surface area contributed by atoms with Gasteiger partial charge in [-0.2, -0.15) is 0 Å².